The number of carbonyl (C=O) groups is 1. The van der Waals surface area contributed by atoms with E-state index in [2.05, 4.69) is 10.3 Å². The predicted octanol–water partition coefficient (Wildman–Crippen LogP) is 2.36. The van der Waals surface area contributed by atoms with E-state index < -0.39 is 5.82 Å². The Morgan fingerprint density at radius 3 is 2.80 bits per heavy atom. The lowest BCUT2D eigenvalue weighted by Crippen LogP contribution is -2.40. The van der Waals surface area contributed by atoms with Gasteiger partial charge in [0.1, 0.15) is 0 Å². The fourth-order valence-electron chi connectivity index (χ4n) is 2.84. The van der Waals surface area contributed by atoms with Gasteiger partial charge in [-0.25, -0.2) is 9.38 Å². The van der Waals surface area contributed by atoms with Crippen LogP contribution < -0.4 is 5.32 Å². The minimum absolute atomic E-state index is 0. The van der Waals surface area contributed by atoms with Crippen LogP contribution in [-0.4, -0.2) is 48.7 Å². The number of aromatic hydroxyl groups is 1. The molecule has 2 rings (SSSR count). The Bertz CT molecular complexity index is 627. The molecule has 2 N–H and O–H groups in total. The summed E-state index contributed by atoms with van der Waals surface area (Å²) in [5.74, 6) is -0.555. The first kappa shape index (κ1) is 21.5. The molecule has 0 bridgehead atoms. The summed E-state index contributed by atoms with van der Waals surface area (Å²) in [6.45, 7) is 6.20. The van der Waals surface area contributed by atoms with Crippen molar-refractivity contribution < 1.29 is 19.0 Å². The molecule has 0 aliphatic carbocycles. The van der Waals surface area contributed by atoms with Crippen LogP contribution in [0, 0.1) is 17.7 Å². The molecule has 1 fully saturated rings. The van der Waals surface area contributed by atoms with Gasteiger partial charge in [0.25, 0.3) is 0 Å². The molecule has 0 amide bonds. The maximum absolute atomic E-state index is 13.4. The molecule has 1 saturated heterocycles. The van der Waals surface area contributed by atoms with E-state index in [-0.39, 0.29) is 54.1 Å². The number of hydrogen-bond donors (Lipinski definition) is 2. The van der Waals surface area contributed by atoms with Crippen LogP contribution >= 0.6 is 24.0 Å². The summed E-state index contributed by atoms with van der Waals surface area (Å²) < 4.78 is 18.3. The largest absolute Gasteiger partial charge is 0.505 e. The van der Waals surface area contributed by atoms with Crippen LogP contribution in [0.3, 0.4) is 0 Å². The molecule has 1 aromatic carbocycles. The van der Waals surface area contributed by atoms with Gasteiger partial charge in [-0.3, -0.25) is 4.79 Å². The summed E-state index contributed by atoms with van der Waals surface area (Å²) in [7, 11) is 1.40. The number of phenolic OH excluding ortho intramolecular Hbond substituents is 1. The molecule has 8 heteroatoms. The highest BCUT2D eigenvalue weighted by molar-refractivity contribution is 14.0. The average molecular weight is 465 g/mol. The molecule has 1 aliphatic heterocycles. The van der Waals surface area contributed by atoms with Gasteiger partial charge in [-0.15, -0.1) is 24.0 Å². The highest BCUT2D eigenvalue weighted by Crippen LogP contribution is 2.24. The molecule has 2 atom stereocenters. The first-order valence-corrected chi connectivity index (χ1v) is 8.04. The molecule has 1 aliphatic rings. The third kappa shape index (κ3) is 5.45. The molecule has 0 saturated carbocycles. The van der Waals surface area contributed by atoms with Crippen LogP contribution in [0.25, 0.3) is 0 Å². The van der Waals surface area contributed by atoms with Crippen LogP contribution in [0.5, 0.6) is 5.75 Å². The highest BCUT2D eigenvalue weighted by atomic mass is 127. The van der Waals surface area contributed by atoms with Gasteiger partial charge in [-0.2, -0.15) is 0 Å². The third-order valence-corrected chi connectivity index (χ3v) is 4.17. The first-order chi connectivity index (χ1) is 11.5. The maximum Gasteiger partial charge on any atom is 0.310 e. The summed E-state index contributed by atoms with van der Waals surface area (Å²) in [4.78, 5) is 18.4. The topological polar surface area (TPSA) is 74.2 Å². The van der Waals surface area contributed by atoms with Gasteiger partial charge in [-0.1, -0.05) is 13.0 Å². The van der Waals surface area contributed by atoms with Crippen LogP contribution in [-0.2, 0) is 16.1 Å². The van der Waals surface area contributed by atoms with Gasteiger partial charge in [0.05, 0.1) is 19.6 Å². The standard InChI is InChI=1S/C17H24FN3O3.HI/c1-4-19-17(20-8-12-5-6-15(22)14(18)7-12)21-9-11(2)13(10-21)16(23)24-3;/h5-7,11,13,22H,4,8-10H2,1-3H3,(H,19,20);1H. The zero-order chi connectivity index (χ0) is 17.7. The van der Waals surface area contributed by atoms with Crippen molar-refractivity contribution in [2.75, 3.05) is 26.7 Å². The first-order valence-electron chi connectivity index (χ1n) is 8.04. The zero-order valence-electron chi connectivity index (χ0n) is 14.7. The lowest BCUT2D eigenvalue weighted by atomic mass is 9.99. The third-order valence-electron chi connectivity index (χ3n) is 4.17. The second kappa shape index (κ2) is 9.79. The van der Waals surface area contributed by atoms with Crippen molar-refractivity contribution >= 4 is 35.9 Å². The monoisotopic (exact) mass is 465 g/mol. The molecular weight excluding hydrogens is 440 g/mol. The molecule has 6 nitrogen and oxygen atoms in total. The van der Waals surface area contributed by atoms with E-state index in [0.29, 0.717) is 31.2 Å². The van der Waals surface area contributed by atoms with E-state index in [9.17, 15) is 14.3 Å². The Kier molecular flexibility index (Phi) is 8.40. The number of hydrogen-bond acceptors (Lipinski definition) is 4. The summed E-state index contributed by atoms with van der Waals surface area (Å²) in [5, 5.41) is 12.4. The van der Waals surface area contributed by atoms with Gasteiger partial charge < -0.3 is 20.1 Å². The van der Waals surface area contributed by atoms with E-state index in [1.165, 1.54) is 19.2 Å². The smallest absolute Gasteiger partial charge is 0.310 e. The van der Waals surface area contributed by atoms with Gasteiger partial charge in [0.15, 0.2) is 17.5 Å². The number of likely N-dealkylation sites (tertiary alicyclic amines) is 1. The summed E-state index contributed by atoms with van der Waals surface area (Å²) in [6, 6.07) is 4.22. The van der Waals surface area contributed by atoms with Crippen LogP contribution in [0.1, 0.15) is 19.4 Å². The zero-order valence-corrected chi connectivity index (χ0v) is 17.0. The van der Waals surface area contributed by atoms with Crippen molar-refractivity contribution in [3.8, 4) is 5.75 Å². The Hall–Kier alpha value is -1.58. The van der Waals surface area contributed by atoms with Crippen molar-refractivity contribution in [3.63, 3.8) is 0 Å². The Morgan fingerprint density at radius 2 is 2.20 bits per heavy atom. The van der Waals surface area contributed by atoms with Crippen molar-refractivity contribution in [1.29, 1.82) is 0 Å². The Morgan fingerprint density at radius 1 is 1.48 bits per heavy atom. The second-order valence-corrected chi connectivity index (χ2v) is 5.97. The van der Waals surface area contributed by atoms with Crippen molar-refractivity contribution in [2.45, 2.75) is 20.4 Å². The number of esters is 1. The van der Waals surface area contributed by atoms with Crippen molar-refractivity contribution in [2.24, 2.45) is 16.8 Å². The summed E-state index contributed by atoms with van der Waals surface area (Å²) in [6.07, 6.45) is 0. The van der Waals surface area contributed by atoms with Gasteiger partial charge >= 0.3 is 5.97 Å². The summed E-state index contributed by atoms with van der Waals surface area (Å²) in [5.41, 5.74) is 0.664. The number of guanidine groups is 1. The molecule has 140 valence electrons. The molecule has 0 aromatic heterocycles. The fraction of sp³-hybridized carbons (Fsp3) is 0.529. The molecule has 0 radical (unpaired) electrons. The van der Waals surface area contributed by atoms with E-state index in [0.717, 1.165) is 0 Å². The van der Waals surface area contributed by atoms with Crippen LogP contribution in [0.15, 0.2) is 23.2 Å². The predicted molar refractivity (Wildman–Crippen MR) is 105 cm³/mol. The van der Waals surface area contributed by atoms with Crippen LogP contribution in [0.4, 0.5) is 4.39 Å². The van der Waals surface area contributed by atoms with Gasteiger partial charge in [-0.05, 0) is 30.5 Å². The van der Waals surface area contributed by atoms with Gasteiger partial charge in [0.2, 0.25) is 0 Å². The summed E-state index contributed by atoms with van der Waals surface area (Å²) >= 11 is 0. The van der Waals surface area contributed by atoms with Crippen molar-refractivity contribution in [3.05, 3.63) is 29.6 Å². The molecule has 0 spiro atoms. The number of methoxy groups -OCH3 is 1. The van der Waals surface area contributed by atoms with E-state index in [1.54, 1.807) is 6.07 Å². The molecule has 1 heterocycles. The maximum atomic E-state index is 13.4. The van der Waals surface area contributed by atoms with Gasteiger partial charge in [0, 0.05) is 19.6 Å². The molecule has 2 unspecified atom stereocenters. The Balaban J connectivity index is 0.00000312. The number of halogens is 2. The molecule has 25 heavy (non-hydrogen) atoms. The van der Waals surface area contributed by atoms with E-state index >= 15 is 0 Å². The second-order valence-electron chi connectivity index (χ2n) is 5.97. The van der Waals surface area contributed by atoms with E-state index in [4.69, 9.17) is 4.74 Å². The lowest BCUT2D eigenvalue weighted by molar-refractivity contribution is -0.145. The number of rotatable bonds is 4. The average Bonchev–Trinajstić information content (AvgIpc) is 2.95. The normalized spacial score (nSPS) is 20.2. The minimum Gasteiger partial charge on any atom is -0.505 e. The fourth-order valence-corrected chi connectivity index (χ4v) is 2.84. The number of nitrogens with one attached hydrogen (secondary N) is 1. The Labute approximate surface area is 164 Å². The number of aliphatic imine (C=N–C) groups is 1. The SMILES string of the molecule is CCNC(=NCc1ccc(O)c(F)c1)N1CC(C)C(C(=O)OC)C1.I. The molecular formula is C17H25FIN3O3. The lowest BCUT2D eigenvalue weighted by Gasteiger charge is -2.21. The highest BCUT2D eigenvalue weighted by Gasteiger charge is 2.36. The quantitative estimate of drug-likeness (QED) is 0.309. The number of phenols is 1. The van der Waals surface area contributed by atoms with E-state index in [1.807, 2.05) is 18.7 Å². The minimum atomic E-state index is -0.659. The number of carbonyl (C=O) groups excluding carboxylic acids is 1. The molecule has 1 aromatic rings. The van der Waals surface area contributed by atoms with Crippen molar-refractivity contribution in [1.82, 2.24) is 10.2 Å². The van der Waals surface area contributed by atoms with Crippen LogP contribution in [0.2, 0.25) is 0 Å². The number of ether oxygens (including phenoxy) is 1. The number of benzene rings is 1. The number of nitrogens with zero attached hydrogens (tertiary/aromatic N) is 2.